The summed E-state index contributed by atoms with van der Waals surface area (Å²) in [5.74, 6) is 2.32. The van der Waals surface area contributed by atoms with Gasteiger partial charge in [0, 0.05) is 56.1 Å². The SMILES string of the molecule is COc1ccc(NC(=O)N2CCN(c3ccc(-c4noc(C)n4)cc3)CC2)cc1OC. The summed E-state index contributed by atoms with van der Waals surface area (Å²) in [4.78, 5) is 21.0. The molecular formula is C22H25N5O4. The van der Waals surface area contributed by atoms with Gasteiger partial charge in [-0.15, -0.1) is 0 Å². The van der Waals surface area contributed by atoms with E-state index in [0.29, 0.717) is 42.0 Å². The van der Waals surface area contributed by atoms with E-state index >= 15 is 0 Å². The third-order valence-electron chi connectivity index (χ3n) is 5.22. The Bertz CT molecular complexity index is 1040. The van der Waals surface area contributed by atoms with Crippen LogP contribution in [0.2, 0.25) is 0 Å². The molecule has 162 valence electrons. The van der Waals surface area contributed by atoms with E-state index in [1.807, 2.05) is 29.2 Å². The molecule has 0 radical (unpaired) electrons. The van der Waals surface area contributed by atoms with Crippen LogP contribution >= 0.6 is 0 Å². The number of carbonyl (C=O) groups is 1. The first-order valence-electron chi connectivity index (χ1n) is 10.0. The maximum Gasteiger partial charge on any atom is 0.321 e. The molecule has 1 aliphatic heterocycles. The van der Waals surface area contributed by atoms with Gasteiger partial charge in [-0.1, -0.05) is 5.16 Å². The molecule has 0 bridgehead atoms. The fraction of sp³-hybridized carbons (Fsp3) is 0.318. The van der Waals surface area contributed by atoms with Crippen LogP contribution in [0, 0.1) is 6.92 Å². The van der Waals surface area contributed by atoms with Crippen LogP contribution in [0.5, 0.6) is 11.5 Å². The summed E-state index contributed by atoms with van der Waals surface area (Å²) in [6.07, 6.45) is 0. The summed E-state index contributed by atoms with van der Waals surface area (Å²) in [6.45, 7) is 4.53. The molecule has 2 amide bonds. The fourth-order valence-electron chi connectivity index (χ4n) is 3.52. The van der Waals surface area contributed by atoms with E-state index in [0.717, 1.165) is 24.3 Å². The molecule has 2 heterocycles. The number of hydrogen-bond acceptors (Lipinski definition) is 7. The monoisotopic (exact) mass is 423 g/mol. The van der Waals surface area contributed by atoms with Crippen LogP contribution in [0.4, 0.5) is 16.2 Å². The molecule has 3 aromatic rings. The van der Waals surface area contributed by atoms with E-state index < -0.39 is 0 Å². The van der Waals surface area contributed by atoms with Gasteiger partial charge in [-0.05, 0) is 36.4 Å². The molecule has 4 rings (SSSR count). The van der Waals surface area contributed by atoms with Gasteiger partial charge in [0.2, 0.25) is 11.7 Å². The van der Waals surface area contributed by atoms with Gasteiger partial charge >= 0.3 is 6.03 Å². The zero-order valence-electron chi connectivity index (χ0n) is 17.8. The second-order valence-corrected chi connectivity index (χ2v) is 7.16. The van der Waals surface area contributed by atoms with Crippen LogP contribution in [-0.2, 0) is 0 Å². The molecule has 1 N–H and O–H groups in total. The highest BCUT2D eigenvalue weighted by atomic mass is 16.5. The van der Waals surface area contributed by atoms with Gasteiger partial charge in [-0.25, -0.2) is 4.79 Å². The summed E-state index contributed by atoms with van der Waals surface area (Å²) < 4.78 is 15.6. The first-order valence-corrected chi connectivity index (χ1v) is 10.0. The van der Waals surface area contributed by atoms with Gasteiger partial charge in [0.25, 0.3) is 0 Å². The Kier molecular flexibility index (Phi) is 5.92. The lowest BCUT2D eigenvalue weighted by atomic mass is 10.1. The summed E-state index contributed by atoms with van der Waals surface area (Å²) in [5, 5.41) is 6.88. The van der Waals surface area contributed by atoms with Crippen molar-refractivity contribution in [1.82, 2.24) is 15.0 Å². The molecule has 31 heavy (non-hydrogen) atoms. The minimum absolute atomic E-state index is 0.130. The molecule has 0 saturated carbocycles. The van der Waals surface area contributed by atoms with E-state index in [9.17, 15) is 4.79 Å². The highest BCUT2D eigenvalue weighted by molar-refractivity contribution is 5.90. The number of aryl methyl sites for hydroxylation is 1. The normalized spacial score (nSPS) is 13.8. The highest BCUT2D eigenvalue weighted by Gasteiger charge is 2.22. The highest BCUT2D eigenvalue weighted by Crippen LogP contribution is 2.30. The fourth-order valence-corrected chi connectivity index (χ4v) is 3.52. The Morgan fingerprint density at radius 1 is 1.00 bits per heavy atom. The van der Waals surface area contributed by atoms with E-state index in [2.05, 4.69) is 20.4 Å². The molecule has 1 aliphatic rings. The molecule has 0 aliphatic carbocycles. The van der Waals surface area contributed by atoms with E-state index in [1.165, 1.54) is 0 Å². The molecule has 1 saturated heterocycles. The molecule has 9 nitrogen and oxygen atoms in total. The summed E-state index contributed by atoms with van der Waals surface area (Å²) in [6, 6.07) is 13.2. The number of amides is 2. The third-order valence-corrected chi connectivity index (χ3v) is 5.22. The molecule has 9 heteroatoms. The number of nitrogens with one attached hydrogen (secondary N) is 1. The number of ether oxygens (including phenoxy) is 2. The summed E-state index contributed by atoms with van der Waals surface area (Å²) >= 11 is 0. The zero-order chi connectivity index (χ0) is 21.8. The molecule has 1 fully saturated rings. The molecule has 0 unspecified atom stereocenters. The number of aromatic nitrogens is 2. The predicted molar refractivity (Wildman–Crippen MR) is 117 cm³/mol. The topological polar surface area (TPSA) is 93.0 Å². The van der Waals surface area contributed by atoms with Gasteiger partial charge < -0.3 is 29.1 Å². The van der Waals surface area contributed by atoms with Crippen LogP contribution in [0.1, 0.15) is 5.89 Å². The van der Waals surface area contributed by atoms with Gasteiger partial charge in [0.1, 0.15) is 0 Å². The average molecular weight is 423 g/mol. The van der Waals surface area contributed by atoms with E-state index in [-0.39, 0.29) is 6.03 Å². The summed E-state index contributed by atoms with van der Waals surface area (Å²) in [5.41, 5.74) is 2.68. The number of methoxy groups -OCH3 is 2. The number of piperazine rings is 1. The Balaban J connectivity index is 1.33. The predicted octanol–water partition coefficient (Wildman–Crippen LogP) is 3.42. The second kappa shape index (κ2) is 8.95. The number of benzene rings is 2. The maximum atomic E-state index is 12.7. The van der Waals surface area contributed by atoms with Crippen LogP contribution < -0.4 is 19.7 Å². The number of rotatable bonds is 5. The van der Waals surface area contributed by atoms with Crippen LogP contribution in [-0.4, -0.2) is 61.5 Å². The van der Waals surface area contributed by atoms with Crippen LogP contribution in [0.3, 0.4) is 0 Å². The van der Waals surface area contributed by atoms with Crippen molar-refractivity contribution in [3.63, 3.8) is 0 Å². The standard InChI is InChI=1S/C22H25N5O4/c1-15-23-21(25-31-15)16-4-7-18(8-5-16)26-10-12-27(13-11-26)22(28)24-17-6-9-19(29-2)20(14-17)30-3/h4-9,14H,10-13H2,1-3H3,(H,24,28). The lowest BCUT2D eigenvalue weighted by Crippen LogP contribution is -2.50. The van der Waals surface area contributed by atoms with Crippen molar-refractivity contribution in [2.75, 3.05) is 50.6 Å². The molecule has 0 spiro atoms. The van der Waals surface area contributed by atoms with Crippen LogP contribution in [0.15, 0.2) is 47.0 Å². The molecule has 0 atom stereocenters. The zero-order valence-corrected chi connectivity index (χ0v) is 17.8. The van der Waals surface area contributed by atoms with Crippen molar-refractivity contribution in [3.05, 3.63) is 48.4 Å². The Hall–Kier alpha value is -3.75. The number of carbonyl (C=O) groups excluding carboxylic acids is 1. The Morgan fingerprint density at radius 2 is 1.71 bits per heavy atom. The first kappa shape index (κ1) is 20.5. The van der Waals surface area contributed by atoms with Crippen molar-refractivity contribution in [1.29, 1.82) is 0 Å². The van der Waals surface area contributed by atoms with Crippen molar-refractivity contribution < 1.29 is 18.8 Å². The minimum Gasteiger partial charge on any atom is -0.493 e. The van der Waals surface area contributed by atoms with Gasteiger partial charge in [0.15, 0.2) is 11.5 Å². The molecular weight excluding hydrogens is 398 g/mol. The molecule has 2 aromatic carbocycles. The number of anilines is 2. The summed E-state index contributed by atoms with van der Waals surface area (Å²) in [7, 11) is 3.15. The second-order valence-electron chi connectivity index (χ2n) is 7.16. The van der Waals surface area contributed by atoms with Gasteiger partial charge in [0.05, 0.1) is 14.2 Å². The Morgan fingerprint density at radius 3 is 2.32 bits per heavy atom. The van der Waals surface area contributed by atoms with E-state index in [1.54, 1.807) is 39.3 Å². The smallest absolute Gasteiger partial charge is 0.321 e. The van der Waals surface area contributed by atoms with Gasteiger partial charge in [-0.3, -0.25) is 0 Å². The van der Waals surface area contributed by atoms with Crippen molar-refractivity contribution in [2.45, 2.75) is 6.92 Å². The number of urea groups is 1. The third kappa shape index (κ3) is 4.55. The first-order chi connectivity index (χ1) is 15.1. The maximum absolute atomic E-state index is 12.7. The molecule has 1 aromatic heterocycles. The van der Waals surface area contributed by atoms with Crippen molar-refractivity contribution in [3.8, 4) is 22.9 Å². The lowest BCUT2D eigenvalue weighted by Gasteiger charge is -2.36. The van der Waals surface area contributed by atoms with E-state index in [4.69, 9.17) is 14.0 Å². The lowest BCUT2D eigenvalue weighted by molar-refractivity contribution is 0.208. The average Bonchev–Trinajstić information content (AvgIpc) is 3.25. The Labute approximate surface area is 180 Å². The van der Waals surface area contributed by atoms with Crippen LogP contribution in [0.25, 0.3) is 11.4 Å². The van der Waals surface area contributed by atoms with Crippen molar-refractivity contribution in [2.24, 2.45) is 0 Å². The van der Waals surface area contributed by atoms with Crippen molar-refractivity contribution >= 4 is 17.4 Å². The largest absolute Gasteiger partial charge is 0.493 e. The number of hydrogen-bond donors (Lipinski definition) is 1. The number of nitrogens with zero attached hydrogens (tertiary/aromatic N) is 4. The van der Waals surface area contributed by atoms with Gasteiger partial charge in [-0.2, -0.15) is 4.98 Å². The minimum atomic E-state index is -0.130. The quantitative estimate of drug-likeness (QED) is 0.672.